The second-order valence-electron chi connectivity index (χ2n) is 7.91. The number of β-lactam (4-membered cyclic amide) rings is 1. The summed E-state index contributed by atoms with van der Waals surface area (Å²) in [6, 6.07) is 2.53. The van der Waals surface area contributed by atoms with Gasteiger partial charge in [-0.1, -0.05) is 5.16 Å². The minimum absolute atomic E-state index is 0.0320. The summed E-state index contributed by atoms with van der Waals surface area (Å²) in [5, 5.41) is 25.5. The summed E-state index contributed by atoms with van der Waals surface area (Å²) >= 11 is 2.23. The molecule has 15 heteroatoms. The number of pyridine rings is 1. The number of nitrogens with one attached hydrogen (secondary N) is 1. The summed E-state index contributed by atoms with van der Waals surface area (Å²) in [5.41, 5.74) is 6.56. The van der Waals surface area contributed by atoms with E-state index in [1.54, 1.807) is 42.9 Å². The first-order chi connectivity index (χ1) is 17.2. The SMILES string of the molecule is CCON=C(C(=O)NC1C(=O)N2C(C(=O)O)=C(C[n+]3ccc(C(C)O)cc3)CS[C@@H]12)c1nsc(N)n1. The van der Waals surface area contributed by atoms with Gasteiger partial charge in [-0.15, -0.1) is 11.8 Å². The molecule has 3 atom stereocenters. The van der Waals surface area contributed by atoms with E-state index in [9.17, 15) is 24.6 Å². The lowest BCUT2D eigenvalue weighted by molar-refractivity contribution is -0.689. The Morgan fingerprint density at radius 2 is 2.14 bits per heavy atom. The number of thioether (sulfide) groups is 1. The fraction of sp³-hybridized carbons (Fsp3) is 0.381. The second kappa shape index (κ2) is 10.6. The van der Waals surface area contributed by atoms with Crippen molar-refractivity contribution in [3.05, 3.63) is 47.2 Å². The number of nitrogen functional groups attached to an aromatic ring is 1. The first-order valence-corrected chi connectivity index (χ1v) is 12.7. The largest absolute Gasteiger partial charge is 0.477 e. The maximum absolute atomic E-state index is 13.0. The van der Waals surface area contributed by atoms with Gasteiger partial charge in [-0.05, 0) is 19.4 Å². The van der Waals surface area contributed by atoms with Crippen LogP contribution < -0.4 is 15.6 Å². The third-order valence-electron chi connectivity index (χ3n) is 5.46. The van der Waals surface area contributed by atoms with Gasteiger partial charge in [0.05, 0.1) is 6.10 Å². The van der Waals surface area contributed by atoms with E-state index < -0.39 is 35.3 Å². The summed E-state index contributed by atoms with van der Waals surface area (Å²) in [5.74, 6) is -2.20. The van der Waals surface area contributed by atoms with Gasteiger partial charge in [0.1, 0.15) is 23.7 Å². The molecule has 5 N–H and O–H groups in total. The summed E-state index contributed by atoms with van der Waals surface area (Å²) in [7, 11) is 0. The molecule has 0 spiro atoms. The Morgan fingerprint density at radius 1 is 1.42 bits per heavy atom. The fourth-order valence-electron chi connectivity index (χ4n) is 3.73. The highest BCUT2D eigenvalue weighted by Gasteiger charge is 2.54. The number of carbonyl (C=O) groups is 3. The molecule has 0 aromatic carbocycles. The van der Waals surface area contributed by atoms with Crippen molar-refractivity contribution in [3.8, 4) is 0 Å². The molecule has 0 aliphatic carbocycles. The Bertz CT molecular complexity index is 1240. The third-order valence-corrected chi connectivity index (χ3v) is 7.34. The number of nitrogens with zero attached hydrogens (tertiary/aromatic N) is 5. The number of carboxylic acid groups (broad SMARTS) is 1. The molecule has 0 bridgehead atoms. The molecule has 2 amide bonds. The molecular weight excluding hydrogens is 510 g/mol. The number of aliphatic hydroxyl groups excluding tert-OH is 1. The van der Waals surface area contributed by atoms with Crippen LogP contribution in [-0.4, -0.2) is 71.7 Å². The number of rotatable bonds is 9. The van der Waals surface area contributed by atoms with Gasteiger partial charge in [0.2, 0.25) is 11.5 Å². The van der Waals surface area contributed by atoms with Crippen LogP contribution in [0.2, 0.25) is 0 Å². The maximum Gasteiger partial charge on any atom is 0.352 e. The molecule has 0 saturated carbocycles. The van der Waals surface area contributed by atoms with Crippen LogP contribution in [0.5, 0.6) is 0 Å². The smallest absolute Gasteiger partial charge is 0.352 e. The number of aromatic nitrogens is 3. The minimum Gasteiger partial charge on any atom is -0.477 e. The number of anilines is 1. The molecule has 190 valence electrons. The highest BCUT2D eigenvalue weighted by Crippen LogP contribution is 2.40. The number of amides is 2. The Labute approximate surface area is 213 Å². The molecule has 1 saturated heterocycles. The van der Waals surface area contributed by atoms with Crippen molar-refractivity contribution in [3.63, 3.8) is 0 Å². The Morgan fingerprint density at radius 3 is 2.72 bits per heavy atom. The number of nitrogens with two attached hydrogens (primary N) is 1. The van der Waals surface area contributed by atoms with E-state index in [0.29, 0.717) is 11.3 Å². The van der Waals surface area contributed by atoms with Gasteiger partial charge in [-0.3, -0.25) is 14.5 Å². The average Bonchev–Trinajstić information content (AvgIpc) is 3.28. The summed E-state index contributed by atoms with van der Waals surface area (Å²) in [6.07, 6.45) is 2.86. The molecule has 1 fully saturated rings. The van der Waals surface area contributed by atoms with E-state index in [2.05, 4.69) is 19.8 Å². The lowest BCUT2D eigenvalue weighted by atomic mass is 10.0. The van der Waals surface area contributed by atoms with Crippen LogP contribution in [0.4, 0.5) is 5.13 Å². The average molecular weight is 535 g/mol. The Kier molecular flexibility index (Phi) is 7.51. The lowest BCUT2D eigenvalue weighted by Crippen LogP contribution is -2.71. The van der Waals surface area contributed by atoms with E-state index in [0.717, 1.165) is 17.1 Å². The Balaban J connectivity index is 1.52. The fourth-order valence-corrected chi connectivity index (χ4v) is 5.50. The van der Waals surface area contributed by atoms with E-state index in [4.69, 9.17) is 10.6 Å². The Hall–Kier alpha value is -3.56. The standard InChI is InChI=1S/C21H23N7O6S2/c1-3-34-25-13(16-24-21(22)36-26-16)17(30)23-14-18(31)28-15(20(32)33)12(9-35-19(14)28)8-27-6-4-11(5-7-27)10(2)29/h4-7,10,14,19,29H,3,8-9H2,1-2H3,(H3-,22,23,24,26,30,32,33)/p+1/t10?,14?,19-/m0/s1. The summed E-state index contributed by atoms with van der Waals surface area (Å²) < 4.78 is 5.75. The minimum atomic E-state index is -1.23. The van der Waals surface area contributed by atoms with Gasteiger partial charge in [0.15, 0.2) is 24.1 Å². The number of carbonyl (C=O) groups excluding carboxylic acids is 2. The highest BCUT2D eigenvalue weighted by atomic mass is 32.2. The normalized spacial score (nSPS) is 20.5. The van der Waals surface area contributed by atoms with Gasteiger partial charge in [0, 0.05) is 35.0 Å². The van der Waals surface area contributed by atoms with Gasteiger partial charge in [0.25, 0.3) is 11.8 Å². The van der Waals surface area contributed by atoms with Crippen LogP contribution in [-0.2, 0) is 25.8 Å². The number of hydrogen-bond acceptors (Lipinski definition) is 11. The van der Waals surface area contributed by atoms with Crippen molar-refractivity contribution in [1.29, 1.82) is 0 Å². The quantitative estimate of drug-likeness (QED) is 0.143. The van der Waals surface area contributed by atoms with Gasteiger partial charge in [-0.25, -0.2) is 9.36 Å². The topological polar surface area (TPSA) is 184 Å². The zero-order valence-corrected chi connectivity index (χ0v) is 21.0. The van der Waals surface area contributed by atoms with Crippen molar-refractivity contribution in [2.45, 2.75) is 37.9 Å². The van der Waals surface area contributed by atoms with Gasteiger partial charge >= 0.3 is 5.97 Å². The van der Waals surface area contributed by atoms with E-state index in [1.807, 2.05) is 0 Å². The molecule has 36 heavy (non-hydrogen) atoms. The molecule has 2 aliphatic rings. The van der Waals surface area contributed by atoms with Crippen molar-refractivity contribution in [2.75, 3.05) is 18.1 Å². The van der Waals surface area contributed by atoms with Crippen LogP contribution in [0.1, 0.15) is 31.3 Å². The zero-order valence-electron chi connectivity index (χ0n) is 19.3. The van der Waals surface area contributed by atoms with Gasteiger partial charge < -0.3 is 26.1 Å². The van der Waals surface area contributed by atoms with Crippen LogP contribution in [0.3, 0.4) is 0 Å². The number of fused-ring (bicyclic) bond motifs is 1. The van der Waals surface area contributed by atoms with Crippen LogP contribution >= 0.6 is 23.3 Å². The van der Waals surface area contributed by atoms with Crippen LogP contribution in [0.15, 0.2) is 41.0 Å². The molecule has 2 aromatic heterocycles. The van der Waals surface area contributed by atoms with Crippen molar-refractivity contribution >= 4 is 51.9 Å². The first-order valence-electron chi connectivity index (χ1n) is 10.9. The van der Waals surface area contributed by atoms with Crippen LogP contribution in [0.25, 0.3) is 0 Å². The molecular formula is C21H24N7O6S2+. The van der Waals surface area contributed by atoms with Crippen molar-refractivity contribution in [2.24, 2.45) is 5.16 Å². The number of oxime groups is 1. The summed E-state index contributed by atoms with van der Waals surface area (Å²) in [4.78, 5) is 48.2. The number of carboxylic acids is 1. The maximum atomic E-state index is 13.0. The second-order valence-corrected chi connectivity index (χ2v) is 9.80. The molecule has 2 aromatic rings. The molecule has 2 unspecified atom stereocenters. The molecule has 4 rings (SSSR count). The third kappa shape index (κ3) is 5.03. The molecule has 2 aliphatic heterocycles. The van der Waals surface area contributed by atoms with E-state index in [-0.39, 0.29) is 35.5 Å². The monoisotopic (exact) mass is 534 g/mol. The lowest BCUT2D eigenvalue weighted by Gasteiger charge is -2.49. The number of hydrogen-bond donors (Lipinski definition) is 4. The predicted molar refractivity (Wildman–Crippen MR) is 129 cm³/mol. The first kappa shape index (κ1) is 25.5. The zero-order chi connectivity index (χ0) is 26.0. The molecule has 13 nitrogen and oxygen atoms in total. The van der Waals surface area contributed by atoms with E-state index >= 15 is 0 Å². The van der Waals surface area contributed by atoms with Crippen molar-refractivity contribution in [1.82, 2.24) is 19.6 Å². The van der Waals surface area contributed by atoms with Gasteiger partial charge in [-0.2, -0.15) is 9.36 Å². The van der Waals surface area contributed by atoms with Crippen molar-refractivity contribution < 1.29 is 34.0 Å². The van der Waals surface area contributed by atoms with Crippen LogP contribution in [0, 0.1) is 0 Å². The summed E-state index contributed by atoms with van der Waals surface area (Å²) in [6.45, 7) is 3.79. The molecule has 4 heterocycles. The number of aliphatic hydroxyl groups is 1. The highest BCUT2D eigenvalue weighted by molar-refractivity contribution is 8.00. The predicted octanol–water partition coefficient (Wildman–Crippen LogP) is -0.359. The number of aliphatic carboxylic acids is 1. The molecule has 0 radical (unpaired) electrons. The van der Waals surface area contributed by atoms with E-state index in [1.165, 1.54) is 16.7 Å².